The van der Waals surface area contributed by atoms with Crippen LogP contribution in [-0.4, -0.2) is 63.2 Å². The predicted octanol–water partition coefficient (Wildman–Crippen LogP) is -1.74. The van der Waals surface area contributed by atoms with Gasteiger partial charge in [-0.3, -0.25) is 29.8 Å². The molecule has 0 radical (unpaired) electrons. The van der Waals surface area contributed by atoms with Crippen LogP contribution in [0.5, 0.6) is 0 Å². The lowest BCUT2D eigenvalue weighted by atomic mass is 10.1. The molecule has 23 heavy (non-hydrogen) atoms. The van der Waals surface area contributed by atoms with Gasteiger partial charge in [0, 0.05) is 0 Å². The van der Waals surface area contributed by atoms with Crippen LogP contribution in [-0.2, 0) is 19.2 Å². The lowest BCUT2D eigenvalue weighted by Gasteiger charge is -2.12. The fraction of sp³-hybridized carbons (Fsp3) is 0.692. The molecule has 0 saturated carbocycles. The van der Waals surface area contributed by atoms with E-state index < -0.39 is 35.9 Å². The minimum Gasteiger partial charge on any atom is -0.480 e. The average molecular weight is 336 g/mol. The van der Waals surface area contributed by atoms with Crippen molar-refractivity contribution in [2.45, 2.75) is 51.2 Å². The van der Waals surface area contributed by atoms with Crippen LogP contribution in [0.15, 0.2) is 0 Å². The van der Waals surface area contributed by atoms with Crippen LogP contribution in [0.3, 0.4) is 0 Å². The molecule has 134 valence electrons. The number of carbonyl (C=O) groups excluding carboxylic acids is 2. The molecule has 0 spiro atoms. The second-order valence-electron chi connectivity index (χ2n) is 4.79. The summed E-state index contributed by atoms with van der Waals surface area (Å²) in [5.74, 6) is -3.01. The summed E-state index contributed by atoms with van der Waals surface area (Å²) in [5.41, 5.74) is 0. The largest absolute Gasteiger partial charge is 0.480 e. The Morgan fingerprint density at radius 1 is 1.30 bits per heavy atom. The van der Waals surface area contributed by atoms with Crippen molar-refractivity contribution in [3.05, 3.63) is 0 Å². The molecule has 1 saturated heterocycles. The topological polar surface area (TPSA) is 185 Å². The van der Waals surface area contributed by atoms with Crippen LogP contribution in [0.25, 0.3) is 0 Å². The van der Waals surface area contributed by atoms with E-state index in [9.17, 15) is 19.2 Å². The van der Waals surface area contributed by atoms with Gasteiger partial charge in [-0.05, 0) is 6.42 Å². The fourth-order valence-corrected chi connectivity index (χ4v) is 1.66. The number of imide groups is 1. The zero-order valence-electron chi connectivity index (χ0n) is 12.9. The van der Waals surface area contributed by atoms with Gasteiger partial charge in [-0.25, -0.2) is 0 Å². The van der Waals surface area contributed by atoms with Crippen LogP contribution in [0, 0.1) is 0 Å². The number of rotatable bonds is 8. The molecule has 1 rings (SSSR count). The SMILES string of the molecule is CCCCCC(NCC(=O)O)C(=O)O.O.O=C1CC(O)C(=O)N1. The number of aliphatic carboxylic acids is 2. The highest BCUT2D eigenvalue weighted by Crippen LogP contribution is 2.03. The molecule has 0 aromatic carbocycles. The van der Waals surface area contributed by atoms with Crippen molar-refractivity contribution >= 4 is 23.8 Å². The second-order valence-corrected chi connectivity index (χ2v) is 4.79. The Balaban J connectivity index is 0. The molecule has 2 atom stereocenters. The Morgan fingerprint density at radius 3 is 2.22 bits per heavy atom. The third-order valence-corrected chi connectivity index (χ3v) is 2.84. The number of aliphatic hydroxyl groups is 1. The number of amides is 2. The van der Waals surface area contributed by atoms with Gasteiger partial charge in [0.15, 0.2) is 0 Å². The van der Waals surface area contributed by atoms with Crippen molar-refractivity contribution in [2.24, 2.45) is 0 Å². The highest BCUT2D eigenvalue weighted by atomic mass is 16.4. The van der Waals surface area contributed by atoms with Crippen molar-refractivity contribution in [1.29, 1.82) is 0 Å². The number of hydrogen-bond donors (Lipinski definition) is 5. The molecule has 7 N–H and O–H groups in total. The molecule has 1 heterocycles. The van der Waals surface area contributed by atoms with E-state index in [1.54, 1.807) is 0 Å². The number of carbonyl (C=O) groups is 4. The third-order valence-electron chi connectivity index (χ3n) is 2.84. The number of nitrogens with one attached hydrogen (secondary N) is 2. The molecular formula is C13H24N2O8. The minimum atomic E-state index is -1.11. The van der Waals surface area contributed by atoms with Gasteiger partial charge in [0.2, 0.25) is 5.91 Å². The van der Waals surface area contributed by atoms with E-state index in [0.29, 0.717) is 6.42 Å². The summed E-state index contributed by atoms with van der Waals surface area (Å²) in [6.07, 6.45) is 2.08. The summed E-state index contributed by atoms with van der Waals surface area (Å²) < 4.78 is 0. The zero-order valence-corrected chi connectivity index (χ0v) is 12.9. The molecule has 0 aromatic rings. The molecule has 10 heteroatoms. The highest BCUT2D eigenvalue weighted by Gasteiger charge is 2.27. The van der Waals surface area contributed by atoms with Gasteiger partial charge in [-0.1, -0.05) is 26.2 Å². The number of carboxylic acids is 2. The first-order chi connectivity index (χ1) is 10.3. The van der Waals surface area contributed by atoms with E-state index in [1.165, 1.54) is 0 Å². The summed E-state index contributed by atoms with van der Waals surface area (Å²) in [6.45, 7) is 1.73. The normalized spacial score (nSPS) is 17.4. The molecule has 10 nitrogen and oxygen atoms in total. The number of hydrogen-bond acceptors (Lipinski definition) is 6. The quantitative estimate of drug-likeness (QED) is 0.255. The Kier molecular flexibility index (Phi) is 12.6. The third kappa shape index (κ3) is 11.2. The molecular weight excluding hydrogens is 312 g/mol. The molecule has 1 fully saturated rings. The summed E-state index contributed by atoms with van der Waals surface area (Å²) in [5, 5.41) is 30.0. The van der Waals surface area contributed by atoms with E-state index in [-0.39, 0.29) is 18.4 Å². The highest BCUT2D eigenvalue weighted by molar-refractivity contribution is 6.04. The van der Waals surface area contributed by atoms with E-state index >= 15 is 0 Å². The first-order valence-corrected chi connectivity index (χ1v) is 6.97. The molecule has 2 unspecified atom stereocenters. The van der Waals surface area contributed by atoms with Crippen LogP contribution < -0.4 is 10.6 Å². The maximum atomic E-state index is 10.7. The zero-order chi connectivity index (χ0) is 17.1. The fourth-order valence-electron chi connectivity index (χ4n) is 1.66. The number of aliphatic hydroxyl groups excluding tert-OH is 1. The van der Waals surface area contributed by atoms with Gasteiger partial charge in [-0.15, -0.1) is 0 Å². The Morgan fingerprint density at radius 2 is 1.91 bits per heavy atom. The monoisotopic (exact) mass is 336 g/mol. The maximum Gasteiger partial charge on any atom is 0.320 e. The summed E-state index contributed by atoms with van der Waals surface area (Å²) in [6, 6.07) is -0.738. The first-order valence-electron chi connectivity index (χ1n) is 6.97. The van der Waals surface area contributed by atoms with Gasteiger partial charge in [-0.2, -0.15) is 0 Å². The van der Waals surface area contributed by atoms with E-state index in [1.807, 2.05) is 12.2 Å². The van der Waals surface area contributed by atoms with Crippen molar-refractivity contribution in [3.63, 3.8) is 0 Å². The molecule has 0 aromatic heterocycles. The lowest BCUT2D eigenvalue weighted by Crippen LogP contribution is -2.39. The van der Waals surface area contributed by atoms with Gasteiger partial charge in [0.1, 0.15) is 12.1 Å². The van der Waals surface area contributed by atoms with Crippen molar-refractivity contribution in [1.82, 2.24) is 10.6 Å². The lowest BCUT2D eigenvalue weighted by molar-refractivity contribution is -0.140. The predicted molar refractivity (Wildman–Crippen MR) is 78.6 cm³/mol. The number of unbranched alkanes of at least 4 members (excludes halogenated alkanes) is 2. The van der Waals surface area contributed by atoms with Gasteiger partial charge in [0.05, 0.1) is 13.0 Å². The Labute approximate surface area is 133 Å². The first kappa shape index (κ1) is 23.2. The molecule has 0 bridgehead atoms. The molecule has 0 aliphatic carbocycles. The molecule has 1 aliphatic rings. The van der Waals surface area contributed by atoms with Crippen LogP contribution in [0.4, 0.5) is 0 Å². The van der Waals surface area contributed by atoms with Crippen LogP contribution >= 0.6 is 0 Å². The second kappa shape index (κ2) is 12.5. The van der Waals surface area contributed by atoms with Crippen molar-refractivity contribution in [3.8, 4) is 0 Å². The summed E-state index contributed by atoms with van der Waals surface area (Å²) in [7, 11) is 0. The van der Waals surface area contributed by atoms with Crippen LogP contribution in [0.2, 0.25) is 0 Å². The molecule has 1 aliphatic heterocycles. The van der Waals surface area contributed by atoms with E-state index in [2.05, 4.69) is 5.32 Å². The number of carboxylic acid groups (broad SMARTS) is 2. The van der Waals surface area contributed by atoms with Crippen LogP contribution in [0.1, 0.15) is 39.0 Å². The van der Waals surface area contributed by atoms with Gasteiger partial charge < -0.3 is 20.8 Å². The molecule has 2 amide bonds. The average Bonchev–Trinajstić information content (AvgIpc) is 2.70. The van der Waals surface area contributed by atoms with Crippen molar-refractivity contribution in [2.75, 3.05) is 6.54 Å². The minimum absolute atomic E-state index is 0. The maximum absolute atomic E-state index is 10.7. The van der Waals surface area contributed by atoms with Crippen molar-refractivity contribution < 1.29 is 40.0 Å². The van der Waals surface area contributed by atoms with E-state index in [4.69, 9.17) is 15.3 Å². The summed E-state index contributed by atoms with van der Waals surface area (Å²) in [4.78, 5) is 41.2. The Hall–Kier alpha value is -2.04. The van der Waals surface area contributed by atoms with Gasteiger partial charge in [0.25, 0.3) is 5.91 Å². The smallest absolute Gasteiger partial charge is 0.320 e. The summed E-state index contributed by atoms with van der Waals surface area (Å²) >= 11 is 0. The van der Waals surface area contributed by atoms with Gasteiger partial charge >= 0.3 is 11.9 Å². The standard InChI is InChI=1S/C9H17NO4.C4H5NO3.H2O/c1-2-3-4-5-7(9(13)14)10-6-8(11)12;6-2-1-3(7)5-4(2)8;/h7,10H,2-6H2,1H3,(H,11,12)(H,13,14);2,6H,1H2,(H,5,7,8);1H2. The Bertz CT molecular complexity index is 413. The van der Waals surface area contributed by atoms with E-state index in [0.717, 1.165) is 19.3 Å².